The molecule has 7 heteroatoms. The number of nitrogens with zero attached hydrogens (tertiary/aromatic N) is 3. The molecule has 0 bridgehead atoms. The van der Waals surface area contributed by atoms with Crippen LogP contribution in [0.2, 0.25) is 0 Å². The van der Waals surface area contributed by atoms with Gasteiger partial charge in [0.05, 0.1) is 16.7 Å². The number of aromatic nitrogens is 3. The van der Waals surface area contributed by atoms with Crippen LogP contribution in [0.3, 0.4) is 0 Å². The number of hydrogen-bond donors (Lipinski definition) is 2. The van der Waals surface area contributed by atoms with E-state index in [4.69, 9.17) is 4.98 Å². The van der Waals surface area contributed by atoms with Gasteiger partial charge in [-0.3, -0.25) is 10.6 Å². The molecule has 0 saturated heterocycles. The Bertz CT molecular complexity index is 2010. The first-order chi connectivity index (χ1) is 20.3. The van der Waals surface area contributed by atoms with Crippen molar-refractivity contribution in [2.24, 2.45) is 0 Å². The molecule has 5 heterocycles. The van der Waals surface area contributed by atoms with Crippen molar-refractivity contribution in [3.05, 3.63) is 135 Å². The van der Waals surface area contributed by atoms with E-state index in [-0.39, 0.29) is 5.92 Å². The summed E-state index contributed by atoms with van der Waals surface area (Å²) in [5.41, 5.74) is 16.5. The minimum Gasteiger partial charge on any atom is -0.252 e. The third-order valence-electron chi connectivity index (χ3n) is 10.9. The lowest BCUT2D eigenvalue weighted by Crippen LogP contribution is -2.81. The fraction of sp³-hybridized carbons (Fsp3) is 0.206. The van der Waals surface area contributed by atoms with Crippen molar-refractivity contribution in [3.63, 3.8) is 0 Å². The smallest absolute Gasteiger partial charge is 0.252 e. The van der Waals surface area contributed by atoms with Crippen LogP contribution in [0.4, 0.5) is 0 Å². The van der Waals surface area contributed by atoms with E-state index >= 15 is 0 Å². The summed E-state index contributed by atoms with van der Waals surface area (Å²) in [6.07, 6.45) is 6.20. The molecule has 5 nitrogen and oxygen atoms in total. The zero-order valence-corrected chi connectivity index (χ0v) is 23.6. The molecule has 5 aromatic rings. The number of hydrogen-bond acceptors (Lipinski definition) is 5. The number of thioether (sulfide) groups is 2. The maximum Gasteiger partial charge on any atom is 0.360 e. The third-order valence-corrected chi connectivity index (χ3v) is 12.8. The molecule has 0 radical (unpaired) electrons. The van der Waals surface area contributed by atoms with Crippen LogP contribution < -0.4 is 19.8 Å². The van der Waals surface area contributed by atoms with E-state index in [1.165, 1.54) is 82.4 Å². The summed E-state index contributed by atoms with van der Waals surface area (Å²) < 4.78 is 5.10. The number of nitrogens with one attached hydrogen (secondary N) is 2. The normalized spacial score (nSPS) is 26.7. The molecule has 2 unspecified atom stereocenters. The van der Waals surface area contributed by atoms with Crippen LogP contribution in [0.1, 0.15) is 67.4 Å². The lowest BCUT2D eigenvalue weighted by atomic mass is 9.67. The standard InChI is InChI=1S/C34H23N5S2/c1-3-17-11-19-7-9-21-22-10-8-20-12-18-4-2-6-24-29(18)34(37-16-41-24)31(20)26(22)27-25(21)30(19)33(28(17)23(5-1)40-15-36-33)38-13-35-14-39(34)32(27)38/h1-10,13-14,27,36-37H,11-12,15-16H2/q+2. The third kappa shape index (κ3) is 2.03. The summed E-state index contributed by atoms with van der Waals surface area (Å²) in [7, 11) is 0. The van der Waals surface area contributed by atoms with E-state index < -0.39 is 11.3 Å². The average Bonchev–Trinajstić information content (AvgIpc) is 3.35. The van der Waals surface area contributed by atoms with Crippen LogP contribution >= 0.6 is 23.5 Å². The van der Waals surface area contributed by atoms with Gasteiger partial charge in [0.1, 0.15) is 5.92 Å². The van der Waals surface area contributed by atoms with Gasteiger partial charge in [0, 0.05) is 32.0 Å². The van der Waals surface area contributed by atoms with E-state index in [1.807, 2.05) is 23.5 Å². The molecule has 2 atom stereocenters. The second-order valence-corrected chi connectivity index (χ2v) is 14.4. The molecule has 1 aromatic heterocycles. The second-order valence-electron chi connectivity index (χ2n) is 12.3. The van der Waals surface area contributed by atoms with Crippen molar-refractivity contribution < 1.29 is 9.13 Å². The summed E-state index contributed by atoms with van der Waals surface area (Å²) in [5, 5.41) is 8.23. The molecule has 7 aliphatic rings. The van der Waals surface area contributed by atoms with Gasteiger partial charge in [0.2, 0.25) is 11.3 Å². The molecule has 4 aliphatic heterocycles. The molecule has 2 N–H and O–H groups in total. The molecular weight excluding hydrogens is 543 g/mol. The van der Waals surface area contributed by atoms with Gasteiger partial charge in [-0.15, -0.1) is 32.7 Å². The Morgan fingerprint density at radius 2 is 1.15 bits per heavy atom. The minimum absolute atomic E-state index is 0.194. The van der Waals surface area contributed by atoms with Crippen molar-refractivity contribution in [3.8, 4) is 11.1 Å². The van der Waals surface area contributed by atoms with Crippen LogP contribution in [0.5, 0.6) is 0 Å². The topological polar surface area (TPSA) is 44.7 Å². The average molecular weight is 566 g/mol. The zero-order valence-electron chi connectivity index (χ0n) is 22.0. The largest absolute Gasteiger partial charge is 0.360 e. The quantitative estimate of drug-likeness (QED) is 0.272. The Morgan fingerprint density at radius 3 is 1.68 bits per heavy atom. The first-order valence-electron chi connectivity index (χ1n) is 14.5. The van der Waals surface area contributed by atoms with Crippen LogP contribution in [0.25, 0.3) is 11.1 Å². The molecule has 2 spiro atoms. The second kappa shape index (κ2) is 6.60. The first-order valence-corrected chi connectivity index (χ1v) is 16.4. The van der Waals surface area contributed by atoms with Gasteiger partial charge in [-0.2, -0.15) is 0 Å². The van der Waals surface area contributed by atoms with E-state index in [0.717, 1.165) is 24.6 Å². The Kier molecular flexibility index (Phi) is 3.42. The molecule has 0 saturated carbocycles. The monoisotopic (exact) mass is 565 g/mol. The first kappa shape index (κ1) is 21.2. The molecule has 4 aromatic carbocycles. The number of rotatable bonds is 0. The number of fused-ring (bicyclic) bond motifs is 1. The van der Waals surface area contributed by atoms with Crippen LogP contribution in [0.15, 0.2) is 83.1 Å². The fourth-order valence-corrected chi connectivity index (χ4v) is 11.8. The lowest BCUT2D eigenvalue weighted by Gasteiger charge is -2.49. The highest BCUT2D eigenvalue weighted by atomic mass is 32.2. The predicted octanol–water partition coefficient (Wildman–Crippen LogP) is 4.06. The summed E-state index contributed by atoms with van der Waals surface area (Å²) in [6.45, 7) is 0. The fourth-order valence-electron chi connectivity index (χ4n) is 9.76. The molecule has 194 valence electrons. The Balaban J connectivity index is 1.34. The summed E-state index contributed by atoms with van der Waals surface area (Å²) in [4.78, 5) is 7.86. The molecule has 0 amide bonds. The van der Waals surface area contributed by atoms with Crippen molar-refractivity contribution in [1.82, 2.24) is 15.6 Å². The van der Waals surface area contributed by atoms with Crippen LogP contribution in [-0.4, -0.2) is 16.7 Å². The molecule has 12 rings (SSSR count). The SMILES string of the molecule is c1cc2c3c(c1)SCNC31c3c(ccc4c3C3c5c-4ccc4c5C5(NCSc6cccc(c65)C4)[n+]4cnc[n+]1c43)C2. The van der Waals surface area contributed by atoms with E-state index in [0.29, 0.717) is 0 Å². The maximum absolute atomic E-state index is 5.07. The molecule has 41 heavy (non-hydrogen) atoms. The maximum atomic E-state index is 5.07. The summed E-state index contributed by atoms with van der Waals surface area (Å²) in [6, 6.07) is 23.5. The van der Waals surface area contributed by atoms with Crippen molar-refractivity contribution in [2.45, 2.75) is 39.9 Å². The predicted molar refractivity (Wildman–Crippen MR) is 156 cm³/mol. The van der Waals surface area contributed by atoms with Crippen molar-refractivity contribution in [2.75, 3.05) is 11.8 Å². The lowest BCUT2D eigenvalue weighted by molar-refractivity contribution is -0.890. The Labute approximate surface area is 245 Å². The number of benzene rings is 4. The van der Waals surface area contributed by atoms with Crippen molar-refractivity contribution >= 4 is 23.5 Å². The van der Waals surface area contributed by atoms with Crippen molar-refractivity contribution in [1.29, 1.82) is 0 Å². The zero-order chi connectivity index (χ0) is 26.2. The van der Waals surface area contributed by atoms with Gasteiger partial charge in [-0.05, 0) is 69.5 Å². The Morgan fingerprint density at radius 1 is 0.634 bits per heavy atom. The van der Waals surface area contributed by atoms with Gasteiger partial charge in [0.25, 0.3) is 0 Å². The minimum atomic E-state index is -0.475. The van der Waals surface area contributed by atoms with Gasteiger partial charge >= 0.3 is 18.5 Å². The molecule has 0 fully saturated rings. The summed E-state index contributed by atoms with van der Waals surface area (Å²) >= 11 is 3.86. The summed E-state index contributed by atoms with van der Waals surface area (Å²) in [5.74, 6) is 3.25. The van der Waals surface area contributed by atoms with Gasteiger partial charge in [-0.1, -0.05) is 48.5 Å². The van der Waals surface area contributed by atoms with Gasteiger partial charge in [0.15, 0.2) is 0 Å². The van der Waals surface area contributed by atoms with E-state index in [1.54, 1.807) is 0 Å². The van der Waals surface area contributed by atoms with Gasteiger partial charge < -0.3 is 0 Å². The van der Waals surface area contributed by atoms with E-state index in [2.05, 4.69) is 93.1 Å². The molecular formula is C34H23N5S2+2. The molecule has 3 aliphatic carbocycles. The van der Waals surface area contributed by atoms with Gasteiger partial charge in [-0.25, -0.2) is 0 Å². The van der Waals surface area contributed by atoms with E-state index in [9.17, 15) is 0 Å². The van der Waals surface area contributed by atoms with Crippen LogP contribution in [0, 0.1) is 0 Å². The highest BCUT2D eigenvalue weighted by molar-refractivity contribution is 7.99. The highest BCUT2D eigenvalue weighted by Gasteiger charge is 2.68. The Hall–Kier alpha value is -3.49. The van der Waals surface area contributed by atoms with Crippen LogP contribution in [-0.2, 0) is 24.2 Å². The highest BCUT2D eigenvalue weighted by Crippen LogP contribution is 2.62.